The second-order valence-corrected chi connectivity index (χ2v) is 3.42. The second kappa shape index (κ2) is 5.12. The first kappa shape index (κ1) is 10.4. The van der Waals surface area contributed by atoms with Crippen LogP contribution in [0.3, 0.4) is 0 Å². The Bertz CT molecular complexity index is 276. The molecule has 1 aromatic carbocycles. The molecule has 1 rings (SSSR count). The fraction of sp³-hybridized carbons (Fsp3) is 0.400. The van der Waals surface area contributed by atoms with Crippen LogP contribution in [0, 0.1) is 12.7 Å². The predicted octanol–water partition coefficient (Wildman–Crippen LogP) is 2.87. The molecule has 13 heavy (non-hydrogen) atoms. The second-order valence-electron chi connectivity index (χ2n) is 2.97. The minimum atomic E-state index is -0.153. The maximum atomic E-state index is 12.8. The minimum absolute atomic E-state index is 0.153. The average molecular weight is 199 g/mol. The Morgan fingerprint density at radius 3 is 2.85 bits per heavy atom. The molecule has 3 heteroatoms. The van der Waals surface area contributed by atoms with Gasteiger partial charge in [0.1, 0.15) is 5.82 Å². The molecule has 0 aliphatic rings. The molecule has 0 heterocycles. The van der Waals surface area contributed by atoms with Crippen LogP contribution >= 0.6 is 12.6 Å². The monoisotopic (exact) mass is 199 g/mol. The first-order valence-electron chi connectivity index (χ1n) is 4.35. The van der Waals surface area contributed by atoms with Crippen molar-refractivity contribution < 1.29 is 4.39 Å². The molecule has 1 aromatic rings. The SMILES string of the molecule is Cc1cc(NCCCS)ccc1F. The van der Waals surface area contributed by atoms with Gasteiger partial charge in [-0.25, -0.2) is 4.39 Å². The van der Waals surface area contributed by atoms with Crippen molar-refractivity contribution in [3.05, 3.63) is 29.6 Å². The third kappa shape index (κ3) is 3.27. The summed E-state index contributed by atoms with van der Waals surface area (Å²) in [5, 5.41) is 3.20. The maximum absolute atomic E-state index is 12.8. The summed E-state index contributed by atoms with van der Waals surface area (Å²) in [7, 11) is 0. The molecule has 0 saturated carbocycles. The quantitative estimate of drug-likeness (QED) is 0.561. The summed E-state index contributed by atoms with van der Waals surface area (Å²) < 4.78 is 12.8. The van der Waals surface area contributed by atoms with Crippen molar-refractivity contribution in [3.8, 4) is 0 Å². The highest BCUT2D eigenvalue weighted by Gasteiger charge is 1.97. The predicted molar refractivity (Wildman–Crippen MR) is 58.1 cm³/mol. The van der Waals surface area contributed by atoms with Crippen LogP contribution in [-0.2, 0) is 0 Å². The molecule has 0 atom stereocenters. The van der Waals surface area contributed by atoms with Crippen molar-refractivity contribution in [2.75, 3.05) is 17.6 Å². The molecule has 0 aliphatic carbocycles. The standard InChI is InChI=1S/C10H14FNS/c1-8-7-9(3-4-10(8)11)12-5-2-6-13/h3-4,7,12-13H,2,5-6H2,1H3. The van der Waals surface area contributed by atoms with Crippen molar-refractivity contribution in [2.45, 2.75) is 13.3 Å². The average Bonchev–Trinajstić information content (AvgIpc) is 2.12. The number of hydrogen-bond donors (Lipinski definition) is 2. The third-order valence-corrected chi connectivity index (χ3v) is 2.14. The van der Waals surface area contributed by atoms with Gasteiger partial charge in [-0.2, -0.15) is 12.6 Å². The highest BCUT2D eigenvalue weighted by Crippen LogP contribution is 2.13. The number of benzene rings is 1. The van der Waals surface area contributed by atoms with Crippen LogP contribution in [-0.4, -0.2) is 12.3 Å². The number of hydrogen-bond acceptors (Lipinski definition) is 2. The number of halogens is 1. The summed E-state index contributed by atoms with van der Waals surface area (Å²) >= 11 is 4.10. The lowest BCUT2D eigenvalue weighted by molar-refractivity contribution is 0.618. The number of nitrogens with one attached hydrogen (secondary N) is 1. The molecule has 1 nitrogen and oxygen atoms in total. The van der Waals surface area contributed by atoms with Gasteiger partial charge < -0.3 is 5.32 Å². The molecule has 0 aromatic heterocycles. The zero-order chi connectivity index (χ0) is 9.68. The van der Waals surface area contributed by atoms with Gasteiger partial charge in [-0.1, -0.05) is 0 Å². The largest absolute Gasteiger partial charge is 0.385 e. The maximum Gasteiger partial charge on any atom is 0.126 e. The number of rotatable bonds is 4. The molecular formula is C10H14FNS. The Balaban J connectivity index is 2.53. The molecule has 0 amide bonds. The molecule has 0 saturated heterocycles. The van der Waals surface area contributed by atoms with Gasteiger partial charge >= 0.3 is 0 Å². The zero-order valence-electron chi connectivity index (χ0n) is 7.68. The Hall–Kier alpha value is -0.700. The van der Waals surface area contributed by atoms with Crippen molar-refractivity contribution in [1.82, 2.24) is 0 Å². The highest BCUT2D eigenvalue weighted by atomic mass is 32.1. The van der Waals surface area contributed by atoms with Crippen LogP contribution in [0.2, 0.25) is 0 Å². The summed E-state index contributed by atoms with van der Waals surface area (Å²) in [5.41, 5.74) is 1.65. The van der Waals surface area contributed by atoms with Crippen LogP contribution in [0.15, 0.2) is 18.2 Å². The summed E-state index contributed by atoms with van der Waals surface area (Å²) in [4.78, 5) is 0. The number of thiol groups is 1. The van der Waals surface area contributed by atoms with Gasteiger partial charge in [-0.05, 0) is 42.9 Å². The van der Waals surface area contributed by atoms with Gasteiger partial charge in [-0.15, -0.1) is 0 Å². The van der Waals surface area contributed by atoms with Crippen molar-refractivity contribution in [1.29, 1.82) is 0 Å². The topological polar surface area (TPSA) is 12.0 Å². The van der Waals surface area contributed by atoms with E-state index in [1.54, 1.807) is 13.0 Å². The van der Waals surface area contributed by atoms with E-state index in [1.165, 1.54) is 6.07 Å². The van der Waals surface area contributed by atoms with E-state index in [0.29, 0.717) is 5.56 Å². The Morgan fingerprint density at radius 1 is 1.46 bits per heavy atom. The minimum Gasteiger partial charge on any atom is -0.385 e. The molecule has 0 fully saturated rings. The van der Waals surface area contributed by atoms with Crippen LogP contribution in [0.4, 0.5) is 10.1 Å². The lowest BCUT2D eigenvalue weighted by atomic mass is 10.2. The van der Waals surface area contributed by atoms with E-state index >= 15 is 0 Å². The molecule has 0 spiro atoms. The van der Waals surface area contributed by atoms with Crippen LogP contribution in [0.5, 0.6) is 0 Å². The van der Waals surface area contributed by atoms with Gasteiger partial charge in [-0.3, -0.25) is 0 Å². The Kier molecular flexibility index (Phi) is 4.09. The molecular weight excluding hydrogens is 185 g/mol. The van der Waals surface area contributed by atoms with E-state index in [-0.39, 0.29) is 5.82 Å². The van der Waals surface area contributed by atoms with Crippen LogP contribution in [0.25, 0.3) is 0 Å². The van der Waals surface area contributed by atoms with Crippen LogP contribution in [0.1, 0.15) is 12.0 Å². The van der Waals surface area contributed by atoms with Crippen LogP contribution < -0.4 is 5.32 Å². The van der Waals surface area contributed by atoms with Gasteiger partial charge in [0.05, 0.1) is 0 Å². The first-order chi connectivity index (χ1) is 6.24. The van der Waals surface area contributed by atoms with E-state index in [1.807, 2.05) is 6.07 Å². The van der Waals surface area contributed by atoms with Crippen molar-refractivity contribution in [2.24, 2.45) is 0 Å². The van der Waals surface area contributed by atoms with Gasteiger partial charge in [0.25, 0.3) is 0 Å². The highest BCUT2D eigenvalue weighted by molar-refractivity contribution is 7.80. The molecule has 0 radical (unpaired) electrons. The summed E-state index contributed by atoms with van der Waals surface area (Å²) in [5.74, 6) is 0.715. The number of anilines is 1. The normalized spacial score (nSPS) is 10.1. The lowest BCUT2D eigenvalue weighted by Gasteiger charge is -2.06. The Morgan fingerprint density at radius 2 is 2.23 bits per heavy atom. The fourth-order valence-electron chi connectivity index (χ4n) is 1.07. The van der Waals surface area contributed by atoms with E-state index in [2.05, 4.69) is 17.9 Å². The summed E-state index contributed by atoms with van der Waals surface area (Å²) in [6.07, 6.45) is 1.01. The van der Waals surface area contributed by atoms with E-state index in [0.717, 1.165) is 24.4 Å². The first-order valence-corrected chi connectivity index (χ1v) is 4.98. The fourth-order valence-corrected chi connectivity index (χ4v) is 1.22. The van der Waals surface area contributed by atoms with E-state index in [9.17, 15) is 4.39 Å². The Labute approximate surface area is 83.8 Å². The third-order valence-electron chi connectivity index (χ3n) is 1.82. The summed E-state index contributed by atoms with van der Waals surface area (Å²) in [6, 6.07) is 5.05. The zero-order valence-corrected chi connectivity index (χ0v) is 8.57. The van der Waals surface area contributed by atoms with Crippen molar-refractivity contribution in [3.63, 3.8) is 0 Å². The molecule has 0 unspecified atom stereocenters. The lowest BCUT2D eigenvalue weighted by Crippen LogP contribution is -2.02. The van der Waals surface area contributed by atoms with Gasteiger partial charge in [0.15, 0.2) is 0 Å². The van der Waals surface area contributed by atoms with Crippen molar-refractivity contribution >= 4 is 18.3 Å². The molecule has 0 aliphatic heterocycles. The molecule has 0 bridgehead atoms. The van der Waals surface area contributed by atoms with Gasteiger partial charge in [0.2, 0.25) is 0 Å². The molecule has 1 N–H and O–H groups in total. The summed E-state index contributed by atoms with van der Waals surface area (Å²) in [6.45, 7) is 2.65. The van der Waals surface area contributed by atoms with E-state index in [4.69, 9.17) is 0 Å². The van der Waals surface area contributed by atoms with Gasteiger partial charge in [0, 0.05) is 12.2 Å². The number of aryl methyl sites for hydroxylation is 1. The van der Waals surface area contributed by atoms with E-state index < -0.39 is 0 Å². The smallest absolute Gasteiger partial charge is 0.126 e. The molecule has 72 valence electrons.